The number of hydrogen-bond acceptors (Lipinski definition) is 3. The molecule has 0 aliphatic rings. The zero-order chi connectivity index (χ0) is 18.2. The standard InChI is InChI=1S/C19H19F2NO3/c1-13-2-4-14(5-3-13)6-7-18(23)22-8-9-25-19(24)15-10-16(20)12-17(21)11-15/h2-5,10-12H,6-9H2,1H3,(H,22,23). The maximum absolute atomic E-state index is 13.0. The van der Waals surface area contributed by atoms with E-state index in [0.717, 1.165) is 23.3 Å². The van der Waals surface area contributed by atoms with Crippen molar-refractivity contribution in [3.8, 4) is 0 Å². The van der Waals surface area contributed by atoms with Crippen molar-refractivity contribution in [2.75, 3.05) is 13.2 Å². The summed E-state index contributed by atoms with van der Waals surface area (Å²) in [6.07, 6.45) is 0.945. The van der Waals surface area contributed by atoms with Gasteiger partial charge in [0.05, 0.1) is 12.1 Å². The molecule has 6 heteroatoms. The van der Waals surface area contributed by atoms with Gasteiger partial charge in [0.15, 0.2) is 0 Å². The van der Waals surface area contributed by atoms with Crippen LogP contribution in [0.5, 0.6) is 0 Å². The fourth-order valence-corrected chi connectivity index (χ4v) is 2.19. The van der Waals surface area contributed by atoms with Crippen LogP contribution in [0, 0.1) is 18.6 Å². The van der Waals surface area contributed by atoms with E-state index in [9.17, 15) is 18.4 Å². The Morgan fingerprint density at radius 3 is 2.32 bits per heavy atom. The van der Waals surface area contributed by atoms with Crippen LogP contribution in [0.2, 0.25) is 0 Å². The van der Waals surface area contributed by atoms with Crippen LogP contribution >= 0.6 is 0 Å². The summed E-state index contributed by atoms with van der Waals surface area (Å²) in [5, 5.41) is 2.63. The normalized spacial score (nSPS) is 10.4. The van der Waals surface area contributed by atoms with Crippen LogP contribution in [0.3, 0.4) is 0 Å². The molecule has 0 radical (unpaired) electrons. The molecule has 0 heterocycles. The minimum atomic E-state index is -0.851. The van der Waals surface area contributed by atoms with Gasteiger partial charge in [0.1, 0.15) is 18.2 Å². The van der Waals surface area contributed by atoms with E-state index in [0.29, 0.717) is 18.9 Å². The molecule has 0 saturated carbocycles. The van der Waals surface area contributed by atoms with Crippen LogP contribution < -0.4 is 5.32 Å². The van der Waals surface area contributed by atoms with E-state index in [2.05, 4.69) is 5.32 Å². The Bertz CT molecular complexity index is 725. The second-order valence-electron chi connectivity index (χ2n) is 5.63. The number of aryl methyl sites for hydroxylation is 2. The predicted octanol–water partition coefficient (Wildman–Crippen LogP) is 3.18. The van der Waals surface area contributed by atoms with Crippen molar-refractivity contribution in [3.05, 3.63) is 70.8 Å². The van der Waals surface area contributed by atoms with Gasteiger partial charge in [-0.1, -0.05) is 29.8 Å². The zero-order valence-corrected chi connectivity index (χ0v) is 13.9. The highest BCUT2D eigenvalue weighted by molar-refractivity contribution is 5.89. The number of rotatable bonds is 7. The molecule has 1 amide bonds. The first-order valence-corrected chi connectivity index (χ1v) is 7.89. The van der Waals surface area contributed by atoms with Gasteiger partial charge in [0.25, 0.3) is 0 Å². The summed E-state index contributed by atoms with van der Waals surface area (Å²) in [6.45, 7) is 2.06. The van der Waals surface area contributed by atoms with Gasteiger partial charge >= 0.3 is 5.97 Å². The van der Waals surface area contributed by atoms with Crippen molar-refractivity contribution in [1.82, 2.24) is 5.32 Å². The van der Waals surface area contributed by atoms with E-state index in [1.807, 2.05) is 31.2 Å². The van der Waals surface area contributed by atoms with Crippen LogP contribution in [0.15, 0.2) is 42.5 Å². The number of amides is 1. The van der Waals surface area contributed by atoms with E-state index in [1.165, 1.54) is 0 Å². The first kappa shape index (κ1) is 18.6. The van der Waals surface area contributed by atoms with Gasteiger partial charge in [0.2, 0.25) is 5.91 Å². The number of halogens is 2. The first-order valence-electron chi connectivity index (χ1n) is 7.89. The van der Waals surface area contributed by atoms with Gasteiger partial charge in [-0.05, 0) is 31.0 Å². The fourth-order valence-electron chi connectivity index (χ4n) is 2.19. The van der Waals surface area contributed by atoms with E-state index in [-0.39, 0.29) is 24.6 Å². The lowest BCUT2D eigenvalue weighted by atomic mass is 10.1. The van der Waals surface area contributed by atoms with E-state index in [4.69, 9.17) is 4.74 Å². The number of ether oxygens (including phenoxy) is 1. The molecule has 2 aromatic rings. The third kappa shape index (κ3) is 6.33. The van der Waals surface area contributed by atoms with Crippen molar-refractivity contribution in [3.63, 3.8) is 0 Å². The Labute approximate surface area is 144 Å². The molecule has 25 heavy (non-hydrogen) atoms. The lowest BCUT2D eigenvalue weighted by Crippen LogP contribution is -2.28. The Morgan fingerprint density at radius 2 is 1.68 bits per heavy atom. The molecule has 0 saturated heterocycles. The maximum atomic E-state index is 13.0. The van der Waals surface area contributed by atoms with Crippen molar-refractivity contribution in [1.29, 1.82) is 0 Å². The SMILES string of the molecule is Cc1ccc(CCC(=O)NCCOC(=O)c2cc(F)cc(F)c2)cc1. The summed E-state index contributed by atoms with van der Waals surface area (Å²) in [5.41, 5.74) is 2.02. The number of esters is 1. The smallest absolute Gasteiger partial charge is 0.338 e. The molecule has 132 valence electrons. The molecular formula is C19H19F2NO3. The highest BCUT2D eigenvalue weighted by Gasteiger charge is 2.10. The summed E-state index contributed by atoms with van der Waals surface area (Å²) in [5.74, 6) is -2.70. The Kier molecular flexibility index (Phi) is 6.62. The number of benzene rings is 2. The minimum Gasteiger partial charge on any atom is -0.460 e. The third-order valence-corrected chi connectivity index (χ3v) is 3.52. The number of carbonyl (C=O) groups excluding carboxylic acids is 2. The number of carbonyl (C=O) groups is 2. The lowest BCUT2D eigenvalue weighted by molar-refractivity contribution is -0.121. The zero-order valence-electron chi connectivity index (χ0n) is 13.9. The summed E-state index contributed by atoms with van der Waals surface area (Å²) in [6, 6.07) is 10.4. The summed E-state index contributed by atoms with van der Waals surface area (Å²) >= 11 is 0. The Morgan fingerprint density at radius 1 is 1.04 bits per heavy atom. The van der Waals surface area contributed by atoms with E-state index >= 15 is 0 Å². The molecule has 0 atom stereocenters. The molecular weight excluding hydrogens is 328 g/mol. The van der Waals surface area contributed by atoms with Crippen molar-refractivity contribution in [2.45, 2.75) is 19.8 Å². The lowest BCUT2D eigenvalue weighted by Gasteiger charge is -2.07. The van der Waals surface area contributed by atoms with Gasteiger partial charge in [0, 0.05) is 12.5 Å². The molecule has 2 aromatic carbocycles. The number of nitrogens with one attached hydrogen (secondary N) is 1. The van der Waals surface area contributed by atoms with Crippen LogP contribution in [0.25, 0.3) is 0 Å². The second-order valence-corrected chi connectivity index (χ2v) is 5.63. The largest absolute Gasteiger partial charge is 0.460 e. The average Bonchev–Trinajstić information content (AvgIpc) is 2.57. The first-order chi connectivity index (χ1) is 11.9. The van der Waals surface area contributed by atoms with E-state index < -0.39 is 17.6 Å². The molecule has 0 bridgehead atoms. The van der Waals surface area contributed by atoms with Crippen LogP contribution in [0.4, 0.5) is 8.78 Å². The summed E-state index contributed by atoms with van der Waals surface area (Å²) in [7, 11) is 0. The van der Waals surface area contributed by atoms with E-state index in [1.54, 1.807) is 0 Å². The highest BCUT2D eigenvalue weighted by Crippen LogP contribution is 2.09. The molecule has 0 fully saturated rings. The molecule has 2 rings (SSSR count). The molecule has 0 unspecified atom stereocenters. The maximum Gasteiger partial charge on any atom is 0.338 e. The number of hydrogen-bond donors (Lipinski definition) is 1. The van der Waals surface area contributed by atoms with Crippen molar-refractivity contribution in [2.24, 2.45) is 0 Å². The van der Waals surface area contributed by atoms with Crippen LogP contribution in [-0.4, -0.2) is 25.0 Å². The third-order valence-electron chi connectivity index (χ3n) is 3.52. The van der Waals surface area contributed by atoms with Gasteiger partial charge in [-0.3, -0.25) is 4.79 Å². The van der Waals surface area contributed by atoms with Gasteiger partial charge < -0.3 is 10.1 Å². The molecule has 0 aromatic heterocycles. The summed E-state index contributed by atoms with van der Waals surface area (Å²) < 4.78 is 30.9. The molecule has 1 N–H and O–H groups in total. The van der Waals surface area contributed by atoms with Crippen LogP contribution in [-0.2, 0) is 16.0 Å². The quantitative estimate of drug-likeness (QED) is 0.618. The Hall–Kier alpha value is -2.76. The summed E-state index contributed by atoms with van der Waals surface area (Å²) in [4.78, 5) is 23.4. The van der Waals surface area contributed by atoms with Crippen LogP contribution in [0.1, 0.15) is 27.9 Å². The molecule has 0 aliphatic heterocycles. The fraction of sp³-hybridized carbons (Fsp3) is 0.263. The Balaban J connectivity index is 1.67. The highest BCUT2D eigenvalue weighted by atomic mass is 19.1. The minimum absolute atomic E-state index is 0.0762. The van der Waals surface area contributed by atoms with Gasteiger partial charge in [-0.2, -0.15) is 0 Å². The van der Waals surface area contributed by atoms with Crippen molar-refractivity contribution < 1.29 is 23.1 Å². The second kappa shape index (κ2) is 8.92. The predicted molar refractivity (Wildman–Crippen MR) is 89.2 cm³/mol. The monoisotopic (exact) mass is 347 g/mol. The topological polar surface area (TPSA) is 55.4 Å². The molecule has 0 spiro atoms. The van der Waals surface area contributed by atoms with Gasteiger partial charge in [-0.15, -0.1) is 0 Å². The van der Waals surface area contributed by atoms with Crippen molar-refractivity contribution >= 4 is 11.9 Å². The average molecular weight is 347 g/mol. The molecule has 0 aliphatic carbocycles. The molecule has 4 nitrogen and oxygen atoms in total. The van der Waals surface area contributed by atoms with Gasteiger partial charge in [-0.25, -0.2) is 13.6 Å².